The van der Waals surface area contributed by atoms with Gasteiger partial charge >= 0.3 is 0 Å². The Hall–Kier alpha value is -1.01. The van der Waals surface area contributed by atoms with Gasteiger partial charge in [0.15, 0.2) is 0 Å². The minimum absolute atomic E-state index is 0.0859. The Balaban J connectivity index is 2.09. The molecule has 2 aromatic heterocycles. The second-order valence-corrected chi connectivity index (χ2v) is 7.22. The van der Waals surface area contributed by atoms with Gasteiger partial charge in [0.1, 0.15) is 5.01 Å². The summed E-state index contributed by atoms with van der Waals surface area (Å²) in [4.78, 5) is 13.1. The van der Waals surface area contributed by atoms with Crippen LogP contribution in [0.5, 0.6) is 0 Å². The highest BCUT2D eigenvalue weighted by atomic mass is 79.9. The highest BCUT2D eigenvalue weighted by Crippen LogP contribution is 2.27. The number of aromatic nitrogens is 3. The first-order valence-corrected chi connectivity index (χ1v) is 7.73. The molecule has 2 heterocycles. The summed E-state index contributed by atoms with van der Waals surface area (Å²) in [5.74, 6) is 0.614. The molecule has 0 fully saturated rings. The van der Waals surface area contributed by atoms with E-state index in [0.29, 0.717) is 5.95 Å². The van der Waals surface area contributed by atoms with Gasteiger partial charge in [-0.15, -0.1) is 11.3 Å². The smallest absolute Gasteiger partial charge is 0.223 e. The number of hydrogen-bond acceptors (Lipinski definition) is 5. The average Bonchev–Trinajstić information content (AvgIpc) is 2.81. The van der Waals surface area contributed by atoms with E-state index in [-0.39, 0.29) is 11.5 Å². The second-order valence-electron chi connectivity index (χ2n) is 5.41. The quantitative estimate of drug-likeness (QED) is 0.910. The van der Waals surface area contributed by atoms with Gasteiger partial charge in [0, 0.05) is 23.2 Å². The number of hydrogen-bond donors (Lipinski definition) is 1. The lowest BCUT2D eigenvalue weighted by atomic mass is 9.93. The molecule has 0 spiro atoms. The highest BCUT2D eigenvalue weighted by molar-refractivity contribution is 9.10. The molecule has 102 valence electrons. The van der Waals surface area contributed by atoms with Crippen LogP contribution in [-0.4, -0.2) is 15.0 Å². The van der Waals surface area contributed by atoms with Gasteiger partial charge < -0.3 is 5.32 Å². The lowest BCUT2D eigenvalue weighted by Gasteiger charge is -2.15. The molecule has 0 bridgehead atoms. The van der Waals surface area contributed by atoms with Gasteiger partial charge in [-0.05, 0) is 22.9 Å². The van der Waals surface area contributed by atoms with Crippen molar-refractivity contribution in [1.82, 2.24) is 15.0 Å². The van der Waals surface area contributed by atoms with Crippen LogP contribution in [0.4, 0.5) is 5.95 Å². The second kappa shape index (κ2) is 5.54. The molecule has 0 aliphatic carbocycles. The summed E-state index contributed by atoms with van der Waals surface area (Å²) in [5.41, 5.74) is 1.21. The summed E-state index contributed by atoms with van der Waals surface area (Å²) in [6.45, 7) is 8.57. The van der Waals surface area contributed by atoms with Crippen LogP contribution in [0.2, 0.25) is 0 Å². The van der Waals surface area contributed by atoms with E-state index in [4.69, 9.17) is 0 Å². The number of anilines is 1. The number of halogens is 1. The van der Waals surface area contributed by atoms with Crippen LogP contribution in [0, 0.1) is 0 Å². The van der Waals surface area contributed by atoms with Crippen molar-refractivity contribution >= 4 is 33.2 Å². The Bertz CT molecular complexity index is 545. The standard InChI is InChI=1S/C13H17BrN4S/c1-8(17-12-15-5-9(14)6-16-12)11-18-10(7-19-11)13(2,3)4/h5-8H,1-4H3,(H,15,16,17). The normalized spacial score (nSPS) is 13.3. The van der Waals surface area contributed by atoms with Gasteiger partial charge in [0.25, 0.3) is 0 Å². The molecule has 1 unspecified atom stereocenters. The van der Waals surface area contributed by atoms with Crippen molar-refractivity contribution in [1.29, 1.82) is 0 Å². The van der Waals surface area contributed by atoms with Gasteiger partial charge in [-0.3, -0.25) is 0 Å². The summed E-state index contributed by atoms with van der Waals surface area (Å²) in [6, 6.07) is 0.0993. The summed E-state index contributed by atoms with van der Waals surface area (Å²) < 4.78 is 0.870. The van der Waals surface area contributed by atoms with Crippen LogP contribution in [-0.2, 0) is 5.41 Å². The molecule has 1 N–H and O–H groups in total. The van der Waals surface area contributed by atoms with Crippen LogP contribution in [0.1, 0.15) is 44.4 Å². The maximum absolute atomic E-state index is 4.69. The lowest BCUT2D eigenvalue weighted by Crippen LogP contribution is -2.13. The monoisotopic (exact) mass is 340 g/mol. The maximum atomic E-state index is 4.69. The Kier molecular flexibility index (Phi) is 4.20. The van der Waals surface area contributed by atoms with Gasteiger partial charge in [0.05, 0.1) is 16.2 Å². The van der Waals surface area contributed by atoms with Crippen LogP contribution in [0.25, 0.3) is 0 Å². The van der Waals surface area contributed by atoms with Crippen LogP contribution in [0.15, 0.2) is 22.2 Å². The molecular weight excluding hydrogens is 324 g/mol. The first kappa shape index (κ1) is 14.4. The fourth-order valence-electron chi connectivity index (χ4n) is 1.47. The van der Waals surface area contributed by atoms with Crippen molar-refractivity contribution in [2.75, 3.05) is 5.32 Å². The molecule has 19 heavy (non-hydrogen) atoms. The lowest BCUT2D eigenvalue weighted by molar-refractivity contribution is 0.569. The highest BCUT2D eigenvalue weighted by Gasteiger charge is 2.19. The summed E-state index contributed by atoms with van der Waals surface area (Å²) in [6.07, 6.45) is 3.45. The van der Waals surface area contributed by atoms with Crippen LogP contribution < -0.4 is 5.32 Å². The van der Waals surface area contributed by atoms with Crippen molar-refractivity contribution in [3.63, 3.8) is 0 Å². The van der Waals surface area contributed by atoms with Crippen molar-refractivity contribution in [3.8, 4) is 0 Å². The molecule has 2 aromatic rings. The molecule has 4 nitrogen and oxygen atoms in total. The summed E-state index contributed by atoms with van der Waals surface area (Å²) in [7, 11) is 0. The van der Waals surface area contributed by atoms with Crippen molar-refractivity contribution in [2.45, 2.75) is 39.2 Å². The molecule has 6 heteroatoms. The first-order valence-electron chi connectivity index (χ1n) is 6.06. The fourth-order valence-corrected chi connectivity index (χ4v) is 2.73. The topological polar surface area (TPSA) is 50.7 Å². The molecule has 0 saturated carbocycles. The third kappa shape index (κ3) is 3.73. The number of thiazole rings is 1. The van der Waals surface area contributed by atoms with Gasteiger partial charge in [-0.1, -0.05) is 20.8 Å². The van der Waals surface area contributed by atoms with Crippen molar-refractivity contribution in [2.24, 2.45) is 0 Å². The predicted molar refractivity (Wildman–Crippen MR) is 82.6 cm³/mol. The van der Waals surface area contributed by atoms with E-state index in [2.05, 4.69) is 69.3 Å². The molecule has 2 rings (SSSR count). The Morgan fingerprint density at radius 1 is 1.26 bits per heavy atom. The Morgan fingerprint density at radius 2 is 1.89 bits per heavy atom. The van der Waals surface area contributed by atoms with Gasteiger partial charge in [-0.2, -0.15) is 0 Å². The van der Waals surface area contributed by atoms with E-state index in [1.165, 1.54) is 0 Å². The summed E-state index contributed by atoms with van der Waals surface area (Å²) in [5, 5.41) is 6.43. The van der Waals surface area contributed by atoms with E-state index in [0.717, 1.165) is 15.2 Å². The minimum atomic E-state index is 0.0859. The Labute approximate surface area is 125 Å². The third-order valence-corrected chi connectivity index (χ3v) is 4.06. The first-order chi connectivity index (χ1) is 8.86. The summed E-state index contributed by atoms with van der Waals surface area (Å²) >= 11 is 4.99. The molecule has 0 saturated heterocycles. The number of nitrogens with one attached hydrogen (secondary N) is 1. The van der Waals surface area contributed by atoms with E-state index in [9.17, 15) is 0 Å². The number of rotatable bonds is 3. The van der Waals surface area contributed by atoms with Crippen LogP contribution >= 0.6 is 27.3 Å². The van der Waals surface area contributed by atoms with E-state index in [1.54, 1.807) is 23.7 Å². The van der Waals surface area contributed by atoms with Crippen LogP contribution in [0.3, 0.4) is 0 Å². The average molecular weight is 341 g/mol. The van der Waals surface area contributed by atoms with E-state index >= 15 is 0 Å². The molecule has 0 aliphatic rings. The number of nitrogens with zero attached hydrogens (tertiary/aromatic N) is 3. The predicted octanol–water partition coefficient (Wildman–Crippen LogP) is 4.17. The zero-order valence-corrected chi connectivity index (χ0v) is 13.8. The zero-order valence-electron chi connectivity index (χ0n) is 11.4. The molecule has 0 amide bonds. The van der Waals surface area contributed by atoms with Crippen molar-refractivity contribution in [3.05, 3.63) is 32.9 Å². The van der Waals surface area contributed by atoms with Gasteiger partial charge in [0.2, 0.25) is 5.95 Å². The minimum Gasteiger partial charge on any atom is -0.345 e. The fraction of sp³-hybridized carbons (Fsp3) is 0.462. The van der Waals surface area contributed by atoms with E-state index in [1.807, 2.05) is 0 Å². The largest absolute Gasteiger partial charge is 0.345 e. The Morgan fingerprint density at radius 3 is 2.42 bits per heavy atom. The van der Waals surface area contributed by atoms with E-state index < -0.39 is 0 Å². The maximum Gasteiger partial charge on any atom is 0.223 e. The molecule has 0 aliphatic heterocycles. The third-order valence-electron chi connectivity index (χ3n) is 2.63. The SMILES string of the molecule is CC(Nc1ncc(Br)cn1)c1nc(C(C)(C)C)cs1. The molecule has 1 atom stereocenters. The zero-order chi connectivity index (χ0) is 14.0. The molecular formula is C13H17BrN4S. The van der Waals surface area contributed by atoms with Gasteiger partial charge in [-0.25, -0.2) is 15.0 Å². The molecule has 0 aromatic carbocycles. The van der Waals surface area contributed by atoms with Crippen molar-refractivity contribution < 1.29 is 0 Å². The molecule has 0 radical (unpaired) electrons.